The van der Waals surface area contributed by atoms with E-state index in [2.05, 4.69) is 10.2 Å². The predicted octanol–water partition coefficient (Wildman–Crippen LogP) is 0.413. The van der Waals surface area contributed by atoms with E-state index in [4.69, 9.17) is 0 Å². The minimum Gasteiger partial charge on any atom is -0.341 e. The van der Waals surface area contributed by atoms with Crippen molar-refractivity contribution >= 4 is 11.8 Å². The van der Waals surface area contributed by atoms with E-state index in [1.807, 2.05) is 16.7 Å². The van der Waals surface area contributed by atoms with Crippen molar-refractivity contribution in [3.63, 3.8) is 0 Å². The van der Waals surface area contributed by atoms with Gasteiger partial charge in [-0.2, -0.15) is 5.10 Å². The average molecular weight is 274 g/mol. The fourth-order valence-electron chi connectivity index (χ4n) is 3.30. The number of aromatic nitrogens is 2. The standard InChI is InChI=1S/C14H18N4O2/c1-9-4-11(16-15-9)13(20)18-7-14(8-18)5-17(6-14)12(19)10-2-3-10/h4,10H,2-3,5-8H2,1H3,(H,15,16). The fraction of sp³-hybridized carbons (Fsp3) is 0.643. The van der Waals surface area contributed by atoms with Crippen LogP contribution in [0.25, 0.3) is 0 Å². The quantitative estimate of drug-likeness (QED) is 0.849. The van der Waals surface area contributed by atoms with Crippen molar-refractivity contribution in [3.05, 3.63) is 17.5 Å². The van der Waals surface area contributed by atoms with Crippen LogP contribution in [-0.4, -0.2) is 58.0 Å². The second-order valence-electron chi connectivity index (χ2n) is 6.57. The summed E-state index contributed by atoms with van der Waals surface area (Å²) in [5, 5.41) is 6.80. The molecule has 3 heterocycles. The van der Waals surface area contributed by atoms with E-state index in [-0.39, 0.29) is 11.3 Å². The molecule has 1 saturated carbocycles. The number of nitrogens with zero attached hydrogens (tertiary/aromatic N) is 3. The van der Waals surface area contributed by atoms with Gasteiger partial charge in [-0.15, -0.1) is 0 Å². The second-order valence-corrected chi connectivity index (χ2v) is 6.57. The third-order valence-corrected chi connectivity index (χ3v) is 4.56. The highest BCUT2D eigenvalue weighted by molar-refractivity contribution is 5.93. The number of nitrogens with one attached hydrogen (secondary N) is 1. The molecule has 2 amide bonds. The maximum absolute atomic E-state index is 12.2. The van der Waals surface area contributed by atoms with Crippen LogP contribution in [-0.2, 0) is 4.79 Å². The van der Waals surface area contributed by atoms with E-state index in [9.17, 15) is 9.59 Å². The lowest BCUT2D eigenvalue weighted by molar-refractivity contribution is -0.155. The minimum atomic E-state index is -0.00746. The molecule has 1 aromatic rings. The van der Waals surface area contributed by atoms with Crippen LogP contribution in [0.5, 0.6) is 0 Å². The Morgan fingerprint density at radius 2 is 1.90 bits per heavy atom. The van der Waals surface area contributed by atoms with Gasteiger partial charge < -0.3 is 9.80 Å². The highest BCUT2D eigenvalue weighted by atomic mass is 16.2. The topological polar surface area (TPSA) is 69.3 Å². The molecule has 2 saturated heterocycles. The molecular formula is C14H18N4O2. The summed E-state index contributed by atoms with van der Waals surface area (Å²) in [5.74, 6) is 0.618. The molecular weight excluding hydrogens is 256 g/mol. The Bertz CT molecular complexity index is 576. The van der Waals surface area contributed by atoms with Crippen LogP contribution in [0.1, 0.15) is 29.0 Å². The van der Waals surface area contributed by atoms with Gasteiger partial charge in [0.1, 0.15) is 5.69 Å². The monoisotopic (exact) mass is 274 g/mol. The Balaban J connectivity index is 1.32. The van der Waals surface area contributed by atoms with Gasteiger partial charge >= 0.3 is 0 Å². The van der Waals surface area contributed by atoms with E-state index < -0.39 is 0 Å². The third-order valence-electron chi connectivity index (χ3n) is 4.56. The average Bonchev–Trinajstić information content (AvgIpc) is 3.08. The number of carbonyl (C=O) groups is 2. The summed E-state index contributed by atoms with van der Waals surface area (Å²) in [6.45, 7) is 5.05. The Morgan fingerprint density at radius 3 is 2.45 bits per heavy atom. The smallest absolute Gasteiger partial charge is 0.274 e. The third kappa shape index (κ3) is 1.74. The van der Waals surface area contributed by atoms with Crippen molar-refractivity contribution in [2.45, 2.75) is 19.8 Å². The number of aryl methyl sites for hydroxylation is 1. The van der Waals surface area contributed by atoms with Gasteiger partial charge in [0, 0.05) is 43.2 Å². The molecule has 3 aliphatic rings. The first-order chi connectivity index (χ1) is 9.56. The summed E-state index contributed by atoms with van der Waals surface area (Å²) in [6, 6.07) is 1.77. The zero-order valence-electron chi connectivity index (χ0n) is 11.6. The molecule has 0 unspecified atom stereocenters. The molecule has 1 N–H and O–H groups in total. The molecule has 6 nitrogen and oxygen atoms in total. The van der Waals surface area contributed by atoms with Crippen molar-refractivity contribution in [2.24, 2.45) is 11.3 Å². The molecule has 20 heavy (non-hydrogen) atoms. The first-order valence-corrected chi connectivity index (χ1v) is 7.16. The van der Waals surface area contributed by atoms with Crippen LogP contribution >= 0.6 is 0 Å². The number of hydrogen-bond donors (Lipinski definition) is 1. The van der Waals surface area contributed by atoms with E-state index in [0.29, 0.717) is 17.5 Å². The highest BCUT2D eigenvalue weighted by Crippen LogP contribution is 2.43. The van der Waals surface area contributed by atoms with Gasteiger partial charge in [-0.05, 0) is 25.8 Å². The summed E-state index contributed by atoms with van der Waals surface area (Å²) in [7, 11) is 0. The predicted molar refractivity (Wildman–Crippen MR) is 71.0 cm³/mol. The van der Waals surface area contributed by atoms with Crippen LogP contribution in [0.15, 0.2) is 6.07 Å². The number of aromatic amines is 1. The number of rotatable bonds is 2. The summed E-state index contributed by atoms with van der Waals surface area (Å²) < 4.78 is 0. The molecule has 1 spiro atoms. The maximum Gasteiger partial charge on any atom is 0.274 e. The van der Waals surface area contributed by atoms with Crippen molar-refractivity contribution < 1.29 is 9.59 Å². The van der Waals surface area contributed by atoms with Gasteiger partial charge in [0.25, 0.3) is 5.91 Å². The molecule has 0 aromatic carbocycles. The highest BCUT2D eigenvalue weighted by Gasteiger charge is 2.55. The van der Waals surface area contributed by atoms with Gasteiger partial charge in [0.15, 0.2) is 0 Å². The molecule has 6 heteroatoms. The van der Waals surface area contributed by atoms with Crippen LogP contribution < -0.4 is 0 Å². The maximum atomic E-state index is 12.2. The minimum absolute atomic E-state index is 0.00746. The molecule has 3 fully saturated rings. The summed E-state index contributed by atoms with van der Waals surface area (Å²) in [4.78, 5) is 27.8. The van der Waals surface area contributed by atoms with Crippen LogP contribution in [0.2, 0.25) is 0 Å². The molecule has 1 aromatic heterocycles. The number of H-pyrrole nitrogens is 1. The van der Waals surface area contributed by atoms with E-state index in [0.717, 1.165) is 44.7 Å². The molecule has 4 rings (SSSR count). The fourth-order valence-corrected chi connectivity index (χ4v) is 3.30. The summed E-state index contributed by atoms with van der Waals surface area (Å²) >= 11 is 0. The lowest BCUT2D eigenvalue weighted by Gasteiger charge is -2.60. The molecule has 0 radical (unpaired) electrons. The summed E-state index contributed by atoms with van der Waals surface area (Å²) in [5.41, 5.74) is 1.56. The van der Waals surface area contributed by atoms with Gasteiger partial charge in [-0.25, -0.2) is 0 Å². The Labute approximate surface area is 117 Å². The van der Waals surface area contributed by atoms with E-state index >= 15 is 0 Å². The molecule has 1 aliphatic carbocycles. The van der Waals surface area contributed by atoms with Gasteiger partial charge in [-0.1, -0.05) is 0 Å². The van der Waals surface area contributed by atoms with E-state index in [1.165, 1.54) is 0 Å². The molecule has 0 bridgehead atoms. The van der Waals surface area contributed by atoms with Gasteiger partial charge in [0.2, 0.25) is 5.91 Å². The number of amides is 2. The van der Waals surface area contributed by atoms with Crippen molar-refractivity contribution in [1.29, 1.82) is 0 Å². The van der Waals surface area contributed by atoms with Crippen LogP contribution in [0, 0.1) is 18.3 Å². The number of hydrogen-bond acceptors (Lipinski definition) is 3. The SMILES string of the molecule is Cc1cc(C(=O)N2CC3(C2)CN(C(=O)C2CC2)C3)n[nH]1. The van der Waals surface area contributed by atoms with Crippen molar-refractivity contribution in [3.8, 4) is 0 Å². The zero-order chi connectivity index (χ0) is 13.9. The Morgan fingerprint density at radius 1 is 1.25 bits per heavy atom. The van der Waals surface area contributed by atoms with Gasteiger partial charge in [0.05, 0.1) is 0 Å². The molecule has 106 valence electrons. The van der Waals surface area contributed by atoms with Crippen LogP contribution in [0.3, 0.4) is 0 Å². The number of likely N-dealkylation sites (tertiary alicyclic amines) is 2. The van der Waals surface area contributed by atoms with Crippen molar-refractivity contribution in [1.82, 2.24) is 20.0 Å². The number of carbonyl (C=O) groups excluding carboxylic acids is 2. The zero-order valence-corrected chi connectivity index (χ0v) is 11.6. The van der Waals surface area contributed by atoms with Gasteiger partial charge in [-0.3, -0.25) is 14.7 Å². The lowest BCUT2D eigenvalue weighted by Crippen LogP contribution is -2.73. The second kappa shape index (κ2) is 3.84. The first kappa shape index (κ1) is 11.9. The van der Waals surface area contributed by atoms with E-state index in [1.54, 1.807) is 6.07 Å². The molecule has 0 atom stereocenters. The Kier molecular flexibility index (Phi) is 2.29. The Hall–Kier alpha value is -1.85. The molecule has 2 aliphatic heterocycles. The summed E-state index contributed by atoms with van der Waals surface area (Å²) in [6.07, 6.45) is 2.12. The normalized spacial score (nSPS) is 23.4. The first-order valence-electron chi connectivity index (χ1n) is 7.16. The van der Waals surface area contributed by atoms with Crippen LogP contribution in [0.4, 0.5) is 0 Å². The largest absolute Gasteiger partial charge is 0.341 e. The van der Waals surface area contributed by atoms with Crippen molar-refractivity contribution in [2.75, 3.05) is 26.2 Å². The lowest BCUT2D eigenvalue weighted by atomic mass is 9.72.